The maximum absolute atomic E-state index is 13.7. The van der Waals surface area contributed by atoms with E-state index in [-0.39, 0.29) is 11.5 Å². The average Bonchev–Trinajstić information content (AvgIpc) is 3.04. The molecule has 5 rings (SSSR count). The Labute approximate surface area is 211 Å². The van der Waals surface area contributed by atoms with Crippen molar-refractivity contribution < 1.29 is 9.53 Å². The van der Waals surface area contributed by atoms with Crippen molar-refractivity contribution in [3.63, 3.8) is 0 Å². The number of hydrogen-bond acceptors (Lipinski definition) is 4. The smallest absolute Gasteiger partial charge is 0.266 e. The fraction of sp³-hybridized carbons (Fsp3) is 0.0800. The van der Waals surface area contributed by atoms with Crippen LogP contribution in [0.15, 0.2) is 69.9 Å². The predicted molar refractivity (Wildman–Crippen MR) is 142 cm³/mol. The number of methoxy groups -OCH3 is 1. The Bertz CT molecular complexity index is 1540. The Balaban J connectivity index is 1.83. The van der Waals surface area contributed by atoms with Gasteiger partial charge in [-0.25, -0.2) is 4.98 Å². The summed E-state index contributed by atoms with van der Waals surface area (Å²) in [6.07, 6.45) is 1.69. The minimum absolute atomic E-state index is 0.155. The van der Waals surface area contributed by atoms with Gasteiger partial charge in [0, 0.05) is 26.7 Å². The standard InChI is InChI=1S/C25H17BrIN3O3/c1-29-22-9-6-14(26)10-18(22)19(24(29)31)13-23-28-21-8-7-15(27)11-20(21)25(32)30(23)16-4-3-5-17(12-16)33-2/h3-13H,1-2H3. The number of halogens is 2. The maximum Gasteiger partial charge on any atom is 0.266 e. The van der Waals surface area contributed by atoms with Crippen LogP contribution in [-0.4, -0.2) is 29.6 Å². The number of likely N-dealkylation sites (N-methyl/N-ethyl adjacent to an activating group) is 1. The van der Waals surface area contributed by atoms with Crippen LogP contribution >= 0.6 is 38.5 Å². The van der Waals surface area contributed by atoms with E-state index in [1.807, 2.05) is 54.6 Å². The van der Waals surface area contributed by atoms with Gasteiger partial charge in [0.15, 0.2) is 0 Å². The zero-order valence-corrected chi connectivity index (χ0v) is 21.4. The molecule has 0 N–H and O–H groups in total. The molecule has 6 nitrogen and oxygen atoms in total. The molecule has 0 spiro atoms. The molecule has 1 aliphatic rings. The highest BCUT2D eigenvalue weighted by Crippen LogP contribution is 2.38. The summed E-state index contributed by atoms with van der Waals surface area (Å²) < 4.78 is 8.69. The van der Waals surface area contributed by atoms with Gasteiger partial charge in [0.25, 0.3) is 11.5 Å². The first kappa shape index (κ1) is 21.8. The highest BCUT2D eigenvalue weighted by atomic mass is 127. The number of amides is 1. The van der Waals surface area contributed by atoms with Crippen LogP contribution in [0.5, 0.6) is 5.75 Å². The molecule has 0 radical (unpaired) electrons. The predicted octanol–water partition coefficient (Wildman–Crippen LogP) is 5.28. The van der Waals surface area contributed by atoms with Crippen LogP contribution < -0.4 is 15.2 Å². The van der Waals surface area contributed by atoms with Crippen molar-refractivity contribution in [2.45, 2.75) is 0 Å². The van der Waals surface area contributed by atoms with Crippen molar-refractivity contribution in [1.82, 2.24) is 9.55 Å². The third-order valence-electron chi connectivity index (χ3n) is 5.59. The number of rotatable bonds is 3. The molecule has 8 heteroatoms. The van der Waals surface area contributed by atoms with Crippen LogP contribution in [-0.2, 0) is 4.79 Å². The van der Waals surface area contributed by atoms with Crippen LogP contribution in [0.2, 0.25) is 0 Å². The summed E-state index contributed by atoms with van der Waals surface area (Å²) in [5.74, 6) is 0.829. The maximum atomic E-state index is 13.7. The number of benzene rings is 3. The monoisotopic (exact) mass is 613 g/mol. The third-order valence-corrected chi connectivity index (χ3v) is 6.75. The van der Waals surface area contributed by atoms with Crippen molar-refractivity contribution in [1.29, 1.82) is 0 Å². The molecular formula is C25H17BrIN3O3. The molecule has 0 bridgehead atoms. The molecule has 0 saturated heterocycles. The van der Waals surface area contributed by atoms with Gasteiger partial charge in [-0.2, -0.15) is 0 Å². The van der Waals surface area contributed by atoms with Gasteiger partial charge in [-0.3, -0.25) is 14.2 Å². The van der Waals surface area contributed by atoms with Crippen LogP contribution in [0.3, 0.4) is 0 Å². The first-order chi connectivity index (χ1) is 15.9. The lowest BCUT2D eigenvalue weighted by molar-refractivity contribution is -0.112. The lowest BCUT2D eigenvalue weighted by Gasteiger charge is -2.13. The second-order valence-electron chi connectivity index (χ2n) is 7.56. The van der Waals surface area contributed by atoms with Crippen molar-refractivity contribution in [2.75, 3.05) is 19.1 Å². The fourth-order valence-corrected chi connectivity index (χ4v) is 4.81. The molecule has 0 aliphatic carbocycles. The molecule has 33 heavy (non-hydrogen) atoms. The number of carbonyl (C=O) groups is 1. The van der Waals surface area contributed by atoms with Crippen molar-refractivity contribution in [2.24, 2.45) is 0 Å². The Morgan fingerprint density at radius 3 is 2.67 bits per heavy atom. The minimum Gasteiger partial charge on any atom is -0.497 e. The second-order valence-corrected chi connectivity index (χ2v) is 9.72. The number of ether oxygens (including phenoxy) is 1. The van der Waals surface area contributed by atoms with E-state index in [1.54, 1.807) is 31.2 Å². The van der Waals surface area contributed by atoms with E-state index < -0.39 is 0 Å². The Morgan fingerprint density at radius 2 is 1.88 bits per heavy atom. The first-order valence-corrected chi connectivity index (χ1v) is 11.9. The molecule has 4 aromatic rings. The van der Waals surface area contributed by atoms with Gasteiger partial charge in [0.05, 0.1) is 35.0 Å². The molecule has 1 aliphatic heterocycles. The Kier molecular flexibility index (Phi) is 5.57. The van der Waals surface area contributed by atoms with Gasteiger partial charge in [0.2, 0.25) is 0 Å². The van der Waals surface area contributed by atoms with E-state index in [0.717, 1.165) is 19.3 Å². The van der Waals surface area contributed by atoms with Gasteiger partial charge in [-0.05, 0) is 77.2 Å². The topological polar surface area (TPSA) is 64.4 Å². The quantitative estimate of drug-likeness (QED) is 0.233. The first-order valence-electron chi connectivity index (χ1n) is 10.0. The highest BCUT2D eigenvalue weighted by Gasteiger charge is 2.30. The molecule has 164 valence electrons. The number of carbonyl (C=O) groups excluding carboxylic acids is 1. The van der Waals surface area contributed by atoms with Crippen LogP contribution in [0.25, 0.3) is 28.2 Å². The van der Waals surface area contributed by atoms with E-state index in [4.69, 9.17) is 9.72 Å². The van der Waals surface area contributed by atoms with Gasteiger partial charge in [0.1, 0.15) is 11.6 Å². The largest absolute Gasteiger partial charge is 0.497 e. The van der Waals surface area contributed by atoms with Crippen LogP contribution in [0.4, 0.5) is 5.69 Å². The number of anilines is 1. The lowest BCUT2D eigenvalue weighted by atomic mass is 10.1. The Hall–Kier alpha value is -2.98. The normalized spacial score (nSPS) is 14.2. The second kappa shape index (κ2) is 8.42. The number of fused-ring (bicyclic) bond motifs is 2. The van der Waals surface area contributed by atoms with Crippen molar-refractivity contribution >= 4 is 72.7 Å². The zero-order chi connectivity index (χ0) is 23.3. The summed E-state index contributed by atoms with van der Waals surface area (Å²) in [6.45, 7) is 0. The van der Waals surface area contributed by atoms with E-state index in [2.05, 4.69) is 38.5 Å². The molecule has 0 atom stereocenters. The van der Waals surface area contributed by atoms with E-state index >= 15 is 0 Å². The zero-order valence-electron chi connectivity index (χ0n) is 17.7. The lowest BCUT2D eigenvalue weighted by Crippen LogP contribution is -2.23. The summed E-state index contributed by atoms with van der Waals surface area (Å²) in [4.78, 5) is 33.2. The third kappa shape index (κ3) is 3.76. The average molecular weight is 614 g/mol. The van der Waals surface area contributed by atoms with Crippen LogP contribution in [0, 0.1) is 3.57 Å². The molecule has 0 unspecified atom stereocenters. The molecule has 3 aromatic carbocycles. The SMILES string of the molecule is COc1cccc(-n2c(C=C3C(=O)N(C)c4ccc(Br)cc43)nc3ccc(I)cc3c2=O)c1. The van der Waals surface area contributed by atoms with Crippen LogP contribution in [0.1, 0.15) is 11.4 Å². The number of nitrogens with zero attached hydrogens (tertiary/aromatic N) is 3. The summed E-state index contributed by atoms with van der Waals surface area (Å²) in [5, 5.41) is 0.505. The van der Waals surface area contributed by atoms with Crippen molar-refractivity contribution in [3.05, 3.63) is 90.4 Å². The Morgan fingerprint density at radius 1 is 1.06 bits per heavy atom. The summed E-state index contributed by atoms with van der Waals surface area (Å²) in [5.41, 5.74) is 3.02. The van der Waals surface area contributed by atoms with Crippen molar-refractivity contribution in [3.8, 4) is 11.4 Å². The van der Waals surface area contributed by atoms with E-state index in [9.17, 15) is 9.59 Å². The summed E-state index contributed by atoms with van der Waals surface area (Å²) in [7, 11) is 3.31. The van der Waals surface area contributed by atoms with Gasteiger partial charge in [-0.15, -0.1) is 0 Å². The van der Waals surface area contributed by atoms with Gasteiger partial charge < -0.3 is 9.64 Å². The fourth-order valence-electron chi connectivity index (χ4n) is 3.96. The van der Waals surface area contributed by atoms with Gasteiger partial charge in [-0.1, -0.05) is 22.0 Å². The number of aromatic nitrogens is 2. The molecule has 2 heterocycles. The molecule has 1 amide bonds. The summed E-state index contributed by atoms with van der Waals surface area (Å²) >= 11 is 5.67. The molecule has 0 fully saturated rings. The number of hydrogen-bond donors (Lipinski definition) is 0. The van der Waals surface area contributed by atoms with E-state index in [0.29, 0.717) is 33.7 Å². The summed E-state index contributed by atoms with van der Waals surface area (Å²) in [6, 6.07) is 18.5. The van der Waals surface area contributed by atoms with E-state index in [1.165, 1.54) is 4.57 Å². The molecule has 0 saturated carbocycles. The molecular weight excluding hydrogens is 597 g/mol. The highest BCUT2D eigenvalue weighted by molar-refractivity contribution is 14.1. The van der Waals surface area contributed by atoms with Gasteiger partial charge >= 0.3 is 0 Å². The molecule has 1 aromatic heterocycles. The minimum atomic E-state index is -0.216.